The van der Waals surface area contributed by atoms with Crippen LogP contribution in [-0.2, 0) is 13.0 Å². The second-order valence-corrected chi connectivity index (χ2v) is 4.05. The van der Waals surface area contributed by atoms with Gasteiger partial charge in [0.25, 0.3) is 0 Å². The van der Waals surface area contributed by atoms with Gasteiger partial charge in [-0.1, -0.05) is 0 Å². The van der Waals surface area contributed by atoms with Crippen molar-refractivity contribution in [3.8, 4) is 0 Å². The summed E-state index contributed by atoms with van der Waals surface area (Å²) in [6, 6.07) is 2.86. The number of imidazole rings is 1. The lowest BCUT2D eigenvalue weighted by atomic mass is 10.1. The molecule has 2 aromatic rings. The average molecular weight is 248 g/mol. The molecule has 0 aliphatic carbocycles. The fourth-order valence-corrected chi connectivity index (χ4v) is 1.99. The minimum atomic E-state index is -0.286. The fraction of sp³-hybridized carbons (Fsp3) is 0.385. The molecule has 1 unspecified atom stereocenters. The molecule has 0 radical (unpaired) electrons. The van der Waals surface area contributed by atoms with Gasteiger partial charge in [0.15, 0.2) is 0 Å². The lowest BCUT2D eigenvalue weighted by Gasteiger charge is -2.16. The van der Waals surface area contributed by atoms with Gasteiger partial charge in [-0.25, -0.2) is 9.37 Å². The highest BCUT2D eigenvalue weighted by molar-refractivity contribution is 5.13. The highest BCUT2D eigenvalue weighted by atomic mass is 19.1. The number of aromatic nitrogens is 3. The van der Waals surface area contributed by atoms with Crippen LogP contribution >= 0.6 is 0 Å². The molecule has 0 aliphatic rings. The normalized spacial score (nSPS) is 12.6. The van der Waals surface area contributed by atoms with E-state index in [-0.39, 0.29) is 11.9 Å². The van der Waals surface area contributed by atoms with E-state index in [4.69, 9.17) is 0 Å². The lowest BCUT2D eigenvalue weighted by Crippen LogP contribution is -2.23. The van der Waals surface area contributed by atoms with Crippen molar-refractivity contribution in [1.29, 1.82) is 0 Å². The van der Waals surface area contributed by atoms with Crippen LogP contribution in [0.1, 0.15) is 24.5 Å². The Morgan fingerprint density at radius 2 is 2.22 bits per heavy atom. The van der Waals surface area contributed by atoms with Crippen molar-refractivity contribution in [2.75, 3.05) is 7.05 Å². The predicted octanol–water partition coefficient (Wildman–Crippen LogP) is 1.94. The Morgan fingerprint density at radius 3 is 2.89 bits per heavy atom. The van der Waals surface area contributed by atoms with E-state index < -0.39 is 0 Å². The van der Waals surface area contributed by atoms with Crippen molar-refractivity contribution in [3.05, 3.63) is 48.1 Å². The molecule has 0 aromatic carbocycles. The third-order valence-electron chi connectivity index (χ3n) is 2.99. The molecule has 1 atom stereocenters. The van der Waals surface area contributed by atoms with Gasteiger partial charge in [-0.2, -0.15) is 0 Å². The topological polar surface area (TPSA) is 42.7 Å². The van der Waals surface area contributed by atoms with Crippen molar-refractivity contribution in [1.82, 2.24) is 19.9 Å². The molecular weight excluding hydrogens is 231 g/mol. The first-order chi connectivity index (χ1) is 8.76. The molecule has 2 rings (SSSR count). The second kappa shape index (κ2) is 5.73. The number of nitrogens with zero attached hydrogens (tertiary/aromatic N) is 3. The Balaban J connectivity index is 2.23. The highest BCUT2D eigenvalue weighted by Gasteiger charge is 2.17. The van der Waals surface area contributed by atoms with Crippen LogP contribution in [0.25, 0.3) is 0 Å². The molecular formula is C13H17FN4. The van der Waals surface area contributed by atoms with E-state index in [1.165, 1.54) is 6.07 Å². The SMILES string of the molecule is CCn1ccnc1CC(NC)c1ncccc1F. The summed E-state index contributed by atoms with van der Waals surface area (Å²) in [6.45, 7) is 2.91. The van der Waals surface area contributed by atoms with Gasteiger partial charge in [0.1, 0.15) is 11.6 Å². The molecule has 0 fully saturated rings. The largest absolute Gasteiger partial charge is 0.335 e. The number of halogens is 1. The molecule has 4 nitrogen and oxygen atoms in total. The molecule has 0 saturated carbocycles. The second-order valence-electron chi connectivity index (χ2n) is 4.05. The van der Waals surface area contributed by atoms with E-state index in [0.29, 0.717) is 12.1 Å². The van der Waals surface area contributed by atoms with Crippen molar-refractivity contribution in [2.45, 2.75) is 25.9 Å². The van der Waals surface area contributed by atoms with E-state index in [9.17, 15) is 4.39 Å². The number of hydrogen-bond acceptors (Lipinski definition) is 3. The molecule has 0 spiro atoms. The summed E-state index contributed by atoms with van der Waals surface area (Å²) in [4.78, 5) is 8.41. The third kappa shape index (κ3) is 2.56. The summed E-state index contributed by atoms with van der Waals surface area (Å²) >= 11 is 0. The minimum Gasteiger partial charge on any atom is -0.335 e. The summed E-state index contributed by atoms with van der Waals surface area (Å²) < 4.78 is 15.8. The van der Waals surface area contributed by atoms with Crippen LogP contribution in [-0.4, -0.2) is 21.6 Å². The first-order valence-electron chi connectivity index (χ1n) is 6.04. The summed E-state index contributed by atoms with van der Waals surface area (Å²) in [5.41, 5.74) is 0.436. The van der Waals surface area contributed by atoms with E-state index in [2.05, 4.69) is 22.2 Å². The van der Waals surface area contributed by atoms with Crippen LogP contribution in [0.4, 0.5) is 4.39 Å². The number of rotatable bonds is 5. The van der Waals surface area contributed by atoms with E-state index >= 15 is 0 Å². The molecule has 1 N–H and O–H groups in total. The average Bonchev–Trinajstić information content (AvgIpc) is 2.84. The number of likely N-dealkylation sites (N-methyl/N-ethyl adjacent to an activating group) is 1. The van der Waals surface area contributed by atoms with Crippen LogP contribution in [0.3, 0.4) is 0 Å². The van der Waals surface area contributed by atoms with Crippen LogP contribution < -0.4 is 5.32 Å². The highest BCUT2D eigenvalue weighted by Crippen LogP contribution is 2.18. The van der Waals surface area contributed by atoms with Crippen molar-refractivity contribution >= 4 is 0 Å². The Morgan fingerprint density at radius 1 is 1.39 bits per heavy atom. The van der Waals surface area contributed by atoms with Gasteiger partial charge in [-0.3, -0.25) is 4.98 Å². The lowest BCUT2D eigenvalue weighted by molar-refractivity contribution is 0.499. The van der Waals surface area contributed by atoms with E-state index in [0.717, 1.165) is 12.4 Å². The van der Waals surface area contributed by atoms with Gasteiger partial charge in [-0.15, -0.1) is 0 Å². The smallest absolute Gasteiger partial charge is 0.146 e. The van der Waals surface area contributed by atoms with Crippen LogP contribution in [0.15, 0.2) is 30.7 Å². The van der Waals surface area contributed by atoms with Gasteiger partial charge < -0.3 is 9.88 Å². The van der Waals surface area contributed by atoms with E-state index in [1.807, 2.05) is 10.8 Å². The number of nitrogens with one attached hydrogen (secondary N) is 1. The maximum Gasteiger partial charge on any atom is 0.146 e. The summed E-state index contributed by atoms with van der Waals surface area (Å²) in [5, 5.41) is 3.09. The molecule has 0 bridgehead atoms. The van der Waals surface area contributed by atoms with Crippen molar-refractivity contribution in [3.63, 3.8) is 0 Å². The standard InChI is InChI=1S/C13H17FN4/c1-3-18-8-7-16-12(18)9-11(15-2)13-10(14)5-4-6-17-13/h4-8,11,15H,3,9H2,1-2H3. The van der Waals surface area contributed by atoms with Gasteiger partial charge in [0.2, 0.25) is 0 Å². The summed E-state index contributed by atoms with van der Waals surface area (Å²) in [7, 11) is 1.80. The first-order valence-corrected chi connectivity index (χ1v) is 6.04. The molecule has 5 heteroatoms. The molecule has 2 heterocycles. The predicted molar refractivity (Wildman–Crippen MR) is 67.6 cm³/mol. The Kier molecular flexibility index (Phi) is 4.04. The maximum absolute atomic E-state index is 13.7. The van der Waals surface area contributed by atoms with Crippen molar-refractivity contribution < 1.29 is 4.39 Å². The Bertz CT molecular complexity index is 509. The van der Waals surface area contributed by atoms with Crippen molar-refractivity contribution in [2.24, 2.45) is 0 Å². The molecule has 2 aromatic heterocycles. The summed E-state index contributed by atoms with van der Waals surface area (Å²) in [6.07, 6.45) is 5.91. The number of hydrogen-bond donors (Lipinski definition) is 1. The zero-order valence-electron chi connectivity index (χ0n) is 10.6. The number of pyridine rings is 1. The molecule has 0 amide bonds. The minimum absolute atomic E-state index is 0.168. The summed E-state index contributed by atoms with van der Waals surface area (Å²) in [5.74, 6) is 0.647. The van der Waals surface area contributed by atoms with Gasteiger partial charge in [0, 0.05) is 31.6 Å². The zero-order valence-corrected chi connectivity index (χ0v) is 10.6. The van der Waals surface area contributed by atoms with E-state index in [1.54, 1.807) is 25.5 Å². The fourth-order valence-electron chi connectivity index (χ4n) is 1.99. The Hall–Kier alpha value is -1.75. The van der Waals surface area contributed by atoms with Crippen LogP contribution in [0.5, 0.6) is 0 Å². The molecule has 18 heavy (non-hydrogen) atoms. The van der Waals surface area contributed by atoms with Gasteiger partial charge in [0.05, 0.1) is 11.7 Å². The first kappa shape index (κ1) is 12.7. The molecule has 96 valence electrons. The monoisotopic (exact) mass is 248 g/mol. The van der Waals surface area contributed by atoms with Gasteiger partial charge >= 0.3 is 0 Å². The molecule has 0 aliphatic heterocycles. The third-order valence-corrected chi connectivity index (χ3v) is 2.99. The zero-order chi connectivity index (χ0) is 13.0. The van der Waals surface area contributed by atoms with Crippen LogP contribution in [0, 0.1) is 5.82 Å². The molecule has 0 saturated heterocycles. The number of aryl methyl sites for hydroxylation is 1. The van der Waals surface area contributed by atoms with Gasteiger partial charge in [-0.05, 0) is 26.1 Å². The maximum atomic E-state index is 13.7. The van der Waals surface area contributed by atoms with Crippen LogP contribution in [0.2, 0.25) is 0 Å². The quantitative estimate of drug-likeness (QED) is 0.879. The Labute approximate surface area is 106 Å².